The summed E-state index contributed by atoms with van der Waals surface area (Å²) in [5.41, 5.74) is 7.18. The van der Waals surface area contributed by atoms with E-state index in [1.807, 2.05) is 0 Å². The number of Topliss-reactive ketones (excluding diaryl/α,β-unsaturated/α-hetero) is 1. The molecule has 12 atom stereocenters. The predicted octanol–water partition coefficient (Wildman–Crippen LogP) is 4.55. The number of phenolic OH excluding ortho intramolecular Hbond substituents is 2. The number of azide groups is 1. The number of esters is 1. The number of ether oxygens (including phenoxy) is 5. The Kier molecular flexibility index (Phi) is 18.5. The highest BCUT2D eigenvalue weighted by Crippen LogP contribution is 2.50. The van der Waals surface area contributed by atoms with Crippen LogP contribution in [0.3, 0.4) is 0 Å². The number of aromatic nitrogens is 2. The van der Waals surface area contributed by atoms with Crippen LogP contribution in [0.1, 0.15) is 109 Å². The maximum atomic E-state index is 14.7. The molecule has 0 saturated carbocycles. The second-order valence-corrected chi connectivity index (χ2v) is 22.3. The first kappa shape index (κ1) is 60.7. The molecule has 1 aromatic heterocycles. The maximum absolute atomic E-state index is 14.7. The van der Waals surface area contributed by atoms with E-state index in [-0.39, 0.29) is 68.4 Å². The number of hydrogen-bond acceptors (Lipinski definition) is 19. The van der Waals surface area contributed by atoms with Gasteiger partial charge >= 0.3 is 17.4 Å². The molecule has 0 aliphatic carbocycles. The smallest absolute Gasteiger partial charge is 0.330 e. The third-order valence-corrected chi connectivity index (χ3v) is 15.9. The first-order valence-corrected chi connectivity index (χ1v) is 26.9. The van der Waals surface area contributed by atoms with Crippen LogP contribution in [0.15, 0.2) is 67.0 Å². The molecular weight excluding hydrogens is 1040 g/mol. The second kappa shape index (κ2) is 24.4. The van der Waals surface area contributed by atoms with Gasteiger partial charge in [-0.2, -0.15) is 0 Å². The van der Waals surface area contributed by atoms with Gasteiger partial charge in [0.05, 0.1) is 59.6 Å². The van der Waals surface area contributed by atoms with Crippen LogP contribution >= 0.6 is 0 Å². The number of aliphatic hydroxyl groups excluding tert-OH is 3. The number of carbonyl (C=O) groups is 3. The van der Waals surface area contributed by atoms with E-state index < -0.39 is 113 Å². The molecule has 3 aromatic rings. The molecule has 24 nitrogen and oxygen atoms in total. The van der Waals surface area contributed by atoms with Crippen molar-refractivity contribution in [2.45, 2.75) is 150 Å². The van der Waals surface area contributed by atoms with E-state index in [1.165, 1.54) is 38.0 Å². The van der Waals surface area contributed by atoms with Crippen LogP contribution in [-0.4, -0.2) is 139 Å². The minimum Gasteiger partial charge on any atom is -0.507 e. The SMILES string of the molecule is CO[C@H]1/C=C/O[C@@]2(C)Oc3c(C)c(O)c4c(O)c(c5c(c4c3C2=O)=NC2(CCN(CC(C)C)CC2)N=5)NC(=O)/C(C)=C\C=C\[C@H](C)[C@H](O)[C@@H](C)[C@@H](O)[C@@H](C)[C@H](OC(C)=O)[C@@H]1C.Cc1cn([C@H]2C[C@H](N=[N+]=[N-])[C@@H](CO)O2)c(=O)[nH]c1=O. The number of carbonyl (C=O) groups excluding carboxylic acids is 3. The number of fused-ring (bicyclic) bond motifs is 1. The summed E-state index contributed by atoms with van der Waals surface area (Å²) < 4.78 is 30.7. The minimum absolute atomic E-state index is 0.0364. The van der Waals surface area contributed by atoms with Crippen LogP contribution in [0, 0.1) is 43.4 Å². The average Bonchev–Trinajstić information content (AvgIpc) is 4.11. The Hall–Kier alpha value is -6.92. The van der Waals surface area contributed by atoms with Crippen molar-refractivity contribution in [3.63, 3.8) is 0 Å². The van der Waals surface area contributed by atoms with E-state index in [0.29, 0.717) is 37.4 Å². The minimum atomic E-state index is -1.96. The summed E-state index contributed by atoms with van der Waals surface area (Å²) in [5, 5.41) is 62.8. The lowest BCUT2D eigenvalue weighted by molar-refractivity contribution is -0.160. The lowest BCUT2D eigenvalue weighted by Crippen LogP contribution is -2.46. The summed E-state index contributed by atoms with van der Waals surface area (Å²) in [5.74, 6) is -6.44. The van der Waals surface area contributed by atoms with E-state index in [4.69, 9.17) is 44.3 Å². The molecule has 1 spiro atoms. The lowest BCUT2D eigenvalue weighted by atomic mass is 9.78. The molecule has 0 unspecified atom stereocenters. The standard InChI is InChI=1S/C46H62N4O11.C10H13N5O4/c1-22(2)21-50-18-16-46(17-19-50)48-34-31-32-39(54)28(8)42-33(31)43(56)45(10,61-42)59-20-15-30(58-11)25(5)41(60-29(9)51)27(7)38(53)26(6)37(52)23(3)13-12-14-24(4)44(57)47-36(40(32)55)35(34)49-46;1-5-3-15(10(18)12-9(5)17)8-2-6(13-14-11)7(4-16)19-8/h12-15,20,22-23,25-27,30,37-38,41,52-55H,16-19,21H2,1-11H3,(H,47,57);3,6-8,16H,2,4H2,1H3,(H,12,17,18)/b13-12+,20-15+,24-14-;/t23-,25+,26+,27+,30-,37-,38+,41+,45-;6-,7+,8+/m00/s1. The molecule has 7 N–H and O–H groups in total. The fourth-order valence-corrected chi connectivity index (χ4v) is 11.2. The quantitative estimate of drug-likeness (QED) is 0.0561. The first-order chi connectivity index (χ1) is 37.7. The number of aromatic hydroxyl groups is 2. The Balaban J connectivity index is 0.000000409. The van der Waals surface area contributed by atoms with Gasteiger partial charge in [-0.15, -0.1) is 0 Å². The molecule has 80 heavy (non-hydrogen) atoms. The molecule has 5 aliphatic heterocycles. The fraction of sp³-hybridized carbons (Fsp3) is 0.589. The Morgan fingerprint density at radius 3 is 2.27 bits per heavy atom. The number of phenols is 2. The molecule has 434 valence electrons. The number of ketones is 1. The van der Waals surface area contributed by atoms with Gasteiger partial charge in [0.1, 0.15) is 34.9 Å². The van der Waals surface area contributed by atoms with Crippen LogP contribution < -0.4 is 32.0 Å². The van der Waals surface area contributed by atoms with Gasteiger partial charge in [-0.25, -0.2) is 4.79 Å². The summed E-state index contributed by atoms with van der Waals surface area (Å²) in [6, 6.07) is -0.542. The number of anilines is 1. The number of benzene rings is 2. The number of nitrogens with zero attached hydrogens (tertiary/aromatic N) is 7. The number of aromatic amines is 1. The topological polar surface area (TPSA) is 342 Å². The highest BCUT2D eigenvalue weighted by atomic mass is 16.7. The Bertz CT molecular complexity index is 3280. The van der Waals surface area contributed by atoms with Crippen molar-refractivity contribution >= 4 is 34.1 Å². The number of aryl methyl sites for hydroxylation is 1. The number of methoxy groups -OCH3 is 1. The van der Waals surface area contributed by atoms with Crippen molar-refractivity contribution in [1.82, 2.24) is 14.5 Å². The van der Waals surface area contributed by atoms with Crippen molar-refractivity contribution in [1.29, 1.82) is 0 Å². The van der Waals surface area contributed by atoms with Gasteiger partial charge in [0.15, 0.2) is 11.4 Å². The maximum Gasteiger partial charge on any atom is 0.330 e. The normalized spacial score (nSPS) is 31.1. The number of allylic oxidation sites excluding steroid dienone is 2. The van der Waals surface area contributed by atoms with E-state index in [1.54, 1.807) is 72.8 Å². The van der Waals surface area contributed by atoms with Gasteiger partial charge in [0, 0.05) is 117 Å². The van der Waals surface area contributed by atoms with Crippen LogP contribution in [-0.2, 0) is 28.5 Å². The zero-order chi connectivity index (χ0) is 58.9. The molecule has 8 rings (SSSR count). The van der Waals surface area contributed by atoms with Crippen molar-refractivity contribution in [3.8, 4) is 17.2 Å². The van der Waals surface area contributed by atoms with Crippen molar-refractivity contribution in [2.75, 3.05) is 38.7 Å². The summed E-state index contributed by atoms with van der Waals surface area (Å²) in [6.07, 6.45) is 5.36. The first-order valence-electron chi connectivity index (χ1n) is 26.9. The molecule has 6 heterocycles. The molecule has 0 radical (unpaired) electrons. The largest absolute Gasteiger partial charge is 0.507 e. The molecule has 5 aliphatic rings. The van der Waals surface area contributed by atoms with E-state index >= 15 is 0 Å². The second-order valence-electron chi connectivity index (χ2n) is 22.3. The van der Waals surface area contributed by atoms with Crippen molar-refractivity contribution in [3.05, 3.63) is 101 Å². The third-order valence-electron chi connectivity index (χ3n) is 15.9. The van der Waals surface area contributed by atoms with Crippen LogP contribution in [0.5, 0.6) is 17.2 Å². The monoisotopic (exact) mass is 1110 g/mol. The zero-order valence-electron chi connectivity index (χ0n) is 47.3. The van der Waals surface area contributed by atoms with Gasteiger partial charge in [0.25, 0.3) is 17.2 Å². The van der Waals surface area contributed by atoms with E-state index in [9.17, 15) is 44.4 Å². The van der Waals surface area contributed by atoms with Gasteiger partial charge in [-0.1, -0.05) is 64.9 Å². The number of likely N-dealkylation sites (tertiary alicyclic amines) is 1. The average molecular weight is 1110 g/mol. The molecule has 2 saturated heterocycles. The number of amides is 1. The number of nitrogens with one attached hydrogen (secondary N) is 2. The molecule has 1 amide bonds. The number of H-pyrrole nitrogens is 1. The predicted molar refractivity (Wildman–Crippen MR) is 292 cm³/mol. The third kappa shape index (κ3) is 12.1. The summed E-state index contributed by atoms with van der Waals surface area (Å²) in [6.45, 7) is 20.8. The van der Waals surface area contributed by atoms with Crippen LogP contribution in [0.4, 0.5) is 5.69 Å². The molecule has 2 fully saturated rings. The van der Waals surface area contributed by atoms with Crippen LogP contribution in [0.2, 0.25) is 0 Å². The molecule has 4 bridgehead atoms. The van der Waals surface area contributed by atoms with Crippen molar-refractivity contribution < 1.29 is 63.6 Å². The Labute approximate surface area is 462 Å². The fourth-order valence-electron chi connectivity index (χ4n) is 11.2. The van der Waals surface area contributed by atoms with Crippen molar-refractivity contribution in [2.24, 2.45) is 44.7 Å². The van der Waals surface area contributed by atoms with Gasteiger partial charge in [0.2, 0.25) is 0 Å². The van der Waals surface area contributed by atoms with Crippen LogP contribution in [0.25, 0.3) is 21.2 Å². The van der Waals surface area contributed by atoms with E-state index in [2.05, 4.69) is 39.1 Å². The van der Waals surface area contributed by atoms with E-state index in [0.717, 1.165) is 6.54 Å². The highest BCUT2D eigenvalue weighted by Gasteiger charge is 2.50. The Morgan fingerprint density at radius 2 is 1.65 bits per heavy atom. The lowest BCUT2D eigenvalue weighted by Gasteiger charge is -2.38. The summed E-state index contributed by atoms with van der Waals surface area (Å²) >= 11 is 0. The molecular formula is C56H75N9O15. The number of aliphatic hydroxyl groups is 3. The number of piperidine rings is 1. The molecule has 2 aromatic carbocycles. The van der Waals surface area contributed by atoms with Gasteiger partial charge < -0.3 is 59.4 Å². The van der Waals surface area contributed by atoms with Gasteiger partial charge in [-0.05, 0) is 38.3 Å². The molecule has 24 heteroatoms. The summed E-state index contributed by atoms with van der Waals surface area (Å²) in [4.78, 5) is 81.5. The summed E-state index contributed by atoms with van der Waals surface area (Å²) in [7, 11) is 1.47. The number of hydrogen-bond donors (Lipinski definition) is 7. The highest BCUT2D eigenvalue weighted by molar-refractivity contribution is 6.19. The van der Waals surface area contributed by atoms with Gasteiger partial charge in [-0.3, -0.25) is 38.7 Å². The Morgan fingerprint density at radius 1 is 0.975 bits per heavy atom. The number of rotatable bonds is 7. The zero-order valence-corrected chi connectivity index (χ0v) is 47.3.